The molecule has 0 bridgehead atoms. The molecule has 2 saturated heterocycles. The number of nitrogens with one attached hydrogen (secondary N) is 1. The van der Waals surface area contributed by atoms with Gasteiger partial charge in [-0.2, -0.15) is 0 Å². The number of nitrogens with zero attached hydrogens (tertiary/aromatic N) is 1. The van der Waals surface area contributed by atoms with Gasteiger partial charge in [0.05, 0.1) is 0 Å². The highest BCUT2D eigenvalue weighted by Gasteiger charge is 2.31. The highest BCUT2D eigenvalue weighted by molar-refractivity contribution is 5.24. The molecular formula is C18H28N2. The number of benzene rings is 1. The van der Waals surface area contributed by atoms with Gasteiger partial charge in [0.25, 0.3) is 0 Å². The van der Waals surface area contributed by atoms with Crippen LogP contribution in [0.4, 0.5) is 0 Å². The van der Waals surface area contributed by atoms with Gasteiger partial charge in [-0.15, -0.1) is 0 Å². The highest BCUT2D eigenvalue weighted by atomic mass is 15.2. The predicted octanol–water partition coefficient (Wildman–Crippen LogP) is 3.53. The third-order valence-electron chi connectivity index (χ3n) is 5.06. The summed E-state index contributed by atoms with van der Waals surface area (Å²) >= 11 is 0. The maximum Gasteiger partial charge on any atom is 0.0208 e. The molecule has 0 aliphatic carbocycles. The average Bonchev–Trinajstić information content (AvgIpc) is 2.93. The summed E-state index contributed by atoms with van der Waals surface area (Å²) in [4.78, 5) is 2.69. The zero-order chi connectivity index (χ0) is 13.9. The van der Waals surface area contributed by atoms with Crippen LogP contribution in [-0.4, -0.2) is 30.1 Å². The zero-order valence-corrected chi connectivity index (χ0v) is 12.9. The summed E-state index contributed by atoms with van der Waals surface area (Å²) in [7, 11) is 0. The molecule has 2 heteroatoms. The van der Waals surface area contributed by atoms with Gasteiger partial charge in [-0.3, -0.25) is 0 Å². The Kier molecular flexibility index (Phi) is 4.42. The number of fused-ring (bicyclic) bond motifs is 1. The third kappa shape index (κ3) is 3.24. The molecule has 2 nitrogen and oxygen atoms in total. The summed E-state index contributed by atoms with van der Waals surface area (Å²) in [5.74, 6) is 0.628. The van der Waals surface area contributed by atoms with Gasteiger partial charge in [-0.1, -0.05) is 38.1 Å². The van der Waals surface area contributed by atoms with Crippen molar-refractivity contribution in [2.24, 2.45) is 0 Å². The van der Waals surface area contributed by atoms with Gasteiger partial charge in [0.1, 0.15) is 0 Å². The quantitative estimate of drug-likeness (QED) is 0.902. The normalized spacial score (nSPS) is 26.9. The summed E-state index contributed by atoms with van der Waals surface area (Å²) in [6, 6.07) is 10.7. The first kappa shape index (κ1) is 14.1. The molecule has 0 saturated carbocycles. The Bertz CT molecular complexity index is 424. The first-order valence-electron chi connectivity index (χ1n) is 8.28. The average molecular weight is 272 g/mol. The van der Waals surface area contributed by atoms with Crippen LogP contribution in [0.2, 0.25) is 0 Å². The van der Waals surface area contributed by atoms with Crippen LogP contribution in [0.3, 0.4) is 0 Å². The Balaban J connectivity index is 1.49. The number of hydrogen-bond acceptors (Lipinski definition) is 2. The van der Waals surface area contributed by atoms with Gasteiger partial charge in [0, 0.05) is 18.6 Å². The molecule has 2 aliphatic rings. The molecule has 0 aromatic heterocycles. The molecule has 20 heavy (non-hydrogen) atoms. The first-order chi connectivity index (χ1) is 9.72. The SMILES string of the molecule is CC(C)c1ccc(CNC2CCN3CCCC3C2)cc1. The molecule has 0 amide bonds. The minimum absolute atomic E-state index is 0.628. The number of rotatable bonds is 4. The summed E-state index contributed by atoms with van der Waals surface area (Å²) in [5.41, 5.74) is 2.86. The summed E-state index contributed by atoms with van der Waals surface area (Å²) in [6.07, 6.45) is 5.50. The standard InChI is InChI=1S/C18H28N2/c1-14(2)16-7-5-15(6-8-16)13-19-17-9-11-20-10-3-4-18(20)12-17/h5-8,14,17-19H,3-4,9-13H2,1-2H3. The van der Waals surface area contributed by atoms with E-state index in [1.54, 1.807) is 0 Å². The zero-order valence-electron chi connectivity index (χ0n) is 12.9. The third-order valence-corrected chi connectivity index (χ3v) is 5.06. The van der Waals surface area contributed by atoms with E-state index in [4.69, 9.17) is 0 Å². The Morgan fingerprint density at radius 2 is 1.95 bits per heavy atom. The predicted molar refractivity (Wildman–Crippen MR) is 85.0 cm³/mol. The van der Waals surface area contributed by atoms with Crippen LogP contribution < -0.4 is 5.32 Å². The fourth-order valence-corrected chi connectivity index (χ4v) is 3.69. The lowest BCUT2D eigenvalue weighted by Crippen LogP contribution is -2.45. The maximum absolute atomic E-state index is 3.77. The topological polar surface area (TPSA) is 15.3 Å². The van der Waals surface area contributed by atoms with E-state index in [1.165, 1.54) is 49.9 Å². The Hall–Kier alpha value is -0.860. The molecule has 110 valence electrons. The van der Waals surface area contributed by atoms with Crippen molar-refractivity contribution in [2.45, 2.75) is 64.1 Å². The fourth-order valence-electron chi connectivity index (χ4n) is 3.69. The summed E-state index contributed by atoms with van der Waals surface area (Å²) < 4.78 is 0. The molecule has 1 N–H and O–H groups in total. The molecule has 2 fully saturated rings. The first-order valence-corrected chi connectivity index (χ1v) is 8.28. The minimum Gasteiger partial charge on any atom is -0.310 e. The molecule has 2 unspecified atom stereocenters. The molecular weight excluding hydrogens is 244 g/mol. The molecule has 2 aliphatic heterocycles. The van der Waals surface area contributed by atoms with E-state index in [9.17, 15) is 0 Å². The van der Waals surface area contributed by atoms with E-state index < -0.39 is 0 Å². The minimum atomic E-state index is 0.628. The molecule has 1 aromatic carbocycles. The van der Waals surface area contributed by atoms with Gasteiger partial charge < -0.3 is 10.2 Å². The fraction of sp³-hybridized carbons (Fsp3) is 0.667. The van der Waals surface area contributed by atoms with E-state index in [-0.39, 0.29) is 0 Å². The molecule has 3 rings (SSSR count). The largest absolute Gasteiger partial charge is 0.310 e. The molecule has 1 aromatic rings. The molecule has 2 heterocycles. The van der Waals surface area contributed by atoms with Crippen molar-refractivity contribution in [3.63, 3.8) is 0 Å². The Labute approximate surface area is 123 Å². The van der Waals surface area contributed by atoms with Crippen molar-refractivity contribution in [1.29, 1.82) is 0 Å². The van der Waals surface area contributed by atoms with Crippen LogP contribution in [-0.2, 0) is 6.54 Å². The van der Waals surface area contributed by atoms with Crippen LogP contribution in [0.25, 0.3) is 0 Å². The van der Waals surface area contributed by atoms with Crippen LogP contribution in [0.15, 0.2) is 24.3 Å². The van der Waals surface area contributed by atoms with E-state index in [0.717, 1.165) is 18.6 Å². The molecule has 0 radical (unpaired) electrons. The molecule has 2 atom stereocenters. The second-order valence-corrected chi connectivity index (χ2v) is 6.83. The van der Waals surface area contributed by atoms with Crippen LogP contribution in [0.5, 0.6) is 0 Å². The second-order valence-electron chi connectivity index (χ2n) is 6.83. The van der Waals surface area contributed by atoms with Crippen molar-refractivity contribution >= 4 is 0 Å². The van der Waals surface area contributed by atoms with Gasteiger partial charge >= 0.3 is 0 Å². The van der Waals surface area contributed by atoms with E-state index in [2.05, 4.69) is 48.3 Å². The van der Waals surface area contributed by atoms with Crippen LogP contribution in [0, 0.1) is 0 Å². The van der Waals surface area contributed by atoms with Gasteiger partial charge in [-0.05, 0) is 55.8 Å². The monoisotopic (exact) mass is 272 g/mol. The second kappa shape index (κ2) is 6.28. The number of hydrogen-bond donors (Lipinski definition) is 1. The van der Waals surface area contributed by atoms with E-state index in [0.29, 0.717) is 5.92 Å². The Morgan fingerprint density at radius 1 is 1.15 bits per heavy atom. The van der Waals surface area contributed by atoms with Crippen LogP contribution in [0.1, 0.15) is 56.6 Å². The van der Waals surface area contributed by atoms with Crippen molar-refractivity contribution in [2.75, 3.05) is 13.1 Å². The van der Waals surface area contributed by atoms with Gasteiger partial charge in [0.15, 0.2) is 0 Å². The summed E-state index contributed by atoms with van der Waals surface area (Å²) in [6.45, 7) is 8.17. The molecule has 0 spiro atoms. The van der Waals surface area contributed by atoms with Gasteiger partial charge in [0.2, 0.25) is 0 Å². The lowest BCUT2D eigenvalue weighted by atomic mass is 9.97. The smallest absolute Gasteiger partial charge is 0.0208 e. The van der Waals surface area contributed by atoms with Crippen LogP contribution >= 0.6 is 0 Å². The van der Waals surface area contributed by atoms with E-state index in [1.807, 2.05) is 0 Å². The highest BCUT2D eigenvalue weighted by Crippen LogP contribution is 2.27. The Morgan fingerprint density at radius 3 is 2.70 bits per heavy atom. The van der Waals surface area contributed by atoms with Crippen molar-refractivity contribution in [3.8, 4) is 0 Å². The maximum atomic E-state index is 3.77. The lowest BCUT2D eigenvalue weighted by molar-refractivity contribution is 0.166. The summed E-state index contributed by atoms with van der Waals surface area (Å²) in [5, 5.41) is 3.77. The van der Waals surface area contributed by atoms with Crippen molar-refractivity contribution in [1.82, 2.24) is 10.2 Å². The van der Waals surface area contributed by atoms with Crippen molar-refractivity contribution < 1.29 is 0 Å². The van der Waals surface area contributed by atoms with Gasteiger partial charge in [-0.25, -0.2) is 0 Å². The van der Waals surface area contributed by atoms with E-state index >= 15 is 0 Å². The van der Waals surface area contributed by atoms with Crippen molar-refractivity contribution in [3.05, 3.63) is 35.4 Å². The number of piperidine rings is 1. The lowest BCUT2D eigenvalue weighted by Gasteiger charge is -2.35.